The van der Waals surface area contributed by atoms with Gasteiger partial charge in [-0.2, -0.15) is 4.57 Å². The number of imidazole rings is 1. The maximum atomic E-state index is 6.53. The lowest BCUT2D eigenvalue weighted by molar-refractivity contribution is -0.652. The van der Waals surface area contributed by atoms with Gasteiger partial charge in [0.25, 0.3) is 5.82 Å². The minimum absolute atomic E-state index is 0.927. The molecule has 158 valence electrons. The first kappa shape index (κ1) is 18.5. The topological polar surface area (TPSA) is 21.9 Å². The van der Waals surface area contributed by atoms with E-state index in [0.717, 1.165) is 32.8 Å². The van der Waals surface area contributed by atoms with E-state index in [2.05, 4.69) is 115 Å². The van der Waals surface area contributed by atoms with Crippen molar-refractivity contribution in [2.75, 3.05) is 0 Å². The van der Waals surface area contributed by atoms with Crippen molar-refractivity contribution < 1.29 is 8.98 Å². The zero-order chi connectivity index (χ0) is 22.3. The quantitative estimate of drug-likeness (QED) is 0.199. The number of fused-ring (bicyclic) bond motifs is 8. The molecule has 0 saturated carbocycles. The van der Waals surface area contributed by atoms with Crippen LogP contribution < -0.4 is 4.57 Å². The maximum absolute atomic E-state index is 6.53. The molecule has 0 aliphatic heterocycles. The smallest absolute Gasteiger partial charge is 0.259 e. The molecule has 0 radical (unpaired) electrons. The van der Waals surface area contributed by atoms with Crippen molar-refractivity contribution in [2.45, 2.75) is 13.8 Å². The highest BCUT2D eigenvalue weighted by Gasteiger charge is 2.24. The number of para-hydroxylation sites is 1. The fourth-order valence-corrected chi connectivity index (χ4v) is 5.41. The molecule has 0 N–H and O–H groups in total. The average Bonchev–Trinajstić information content (AvgIpc) is 3.32. The summed E-state index contributed by atoms with van der Waals surface area (Å²) in [6, 6.07) is 30.4. The first-order valence-electron chi connectivity index (χ1n) is 11.4. The zero-order valence-electron chi connectivity index (χ0n) is 18.9. The van der Waals surface area contributed by atoms with Crippen LogP contribution in [0.4, 0.5) is 0 Å². The number of nitrogens with zero attached hydrogens (tertiary/aromatic N) is 2. The van der Waals surface area contributed by atoms with Crippen LogP contribution in [0.2, 0.25) is 0 Å². The first-order valence-corrected chi connectivity index (χ1v) is 11.4. The second-order valence-electron chi connectivity index (χ2n) is 8.99. The second-order valence-corrected chi connectivity index (χ2v) is 8.99. The lowest BCUT2D eigenvalue weighted by Gasteiger charge is -2.04. The van der Waals surface area contributed by atoms with Gasteiger partial charge in [-0.15, -0.1) is 0 Å². The molecular formula is C30H23N2O+. The summed E-state index contributed by atoms with van der Waals surface area (Å²) in [4.78, 5) is 0. The molecule has 0 amide bonds. The molecule has 0 unspecified atom stereocenters. The third kappa shape index (κ3) is 2.42. The molecule has 0 aliphatic carbocycles. The fraction of sp³-hybridized carbons (Fsp3) is 0.100. The van der Waals surface area contributed by atoms with E-state index in [1.165, 1.54) is 38.8 Å². The molecule has 0 spiro atoms. The Bertz CT molecular complexity index is 1900. The number of rotatable bonds is 1. The average molecular weight is 428 g/mol. The molecule has 33 heavy (non-hydrogen) atoms. The normalized spacial score (nSPS) is 12.1. The Morgan fingerprint density at radius 2 is 1.42 bits per heavy atom. The Morgan fingerprint density at radius 1 is 0.697 bits per heavy atom. The monoisotopic (exact) mass is 427 g/mol. The molecule has 7 aromatic rings. The van der Waals surface area contributed by atoms with Gasteiger partial charge in [-0.3, -0.25) is 0 Å². The maximum Gasteiger partial charge on any atom is 0.259 e. The summed E-state index contributed by atoms with van der Waals surface area (Å²) >= 11 is 0. The molecule has 2 heterocycles. The second kappa shape index (κ2) is 6.46. The van der Waals surface area contributed by atoms with Gasteiger partial charge in [-0.1, -0.05) is 54.6 Å². The number of aromatic nitrogens is 2. The predicted molar refractivity (Wildman–Crippen MR) is 136 cm³/mol. The van der Waals surface area contributed by atoms with E-state index in [-0.39, 0.29) is 0 Å². The van der Waals surface area contributed by atoms with Crippen molar-refractivity contribution in [3.8, 4) is 5.69 Å². The van der Waals surface area contributed by atoms with Gasteiger partial charge in [0.2, 0.25) is 0 Å². The van der Waals surface area contributed by atoms with Gasteiger partial charge in [0, 0.05) is 35.2 Å². The van der Waals surface area contributed by atoms with Crippen LogP contribution in [0.1, 0.15) is 11.4 Å². The first-order chi connectivity index (χ1) is 16.1. The minimum atomic E-state index is 0.927. The van der Waals surface area contributed by atoms with Gasteiger partial charge >= 0.3 is 0 Å². The van der Waals surface area contributed by atoms with Crippen molar-refractivity contribution >= 4 is 54.5 Å². The van der Waals surface area contributed by atoms with E-state index in [4.69, 9.17) is 4.42 Å². The molecule has 5 aromatic carbocycles. The summed E-state index contributed by atoms with van der Waals surface area (Å²) < 4.78 is 11.1. The highest BCUT2D eigenvalue weighted by molar-refractivity contribution is 6.21. The molecule has 2 aromatic heterocycles. The molecule has 3 nitrogen and oxygen atoms in total. The van der Waals surface area contributed by atoms with Gasteiger partial charge in [0.05, 0.1) is 7.05 Å². The molecule has 0 saturated heterocycles. The molecule has 0 atom stereocenters. The van der Waals surface area contributed by atoms with Crippen LogP contribution in [-0.2, 0) is 7.05 Å². The molecule has 0 aliphatic rings. The van der Waals surface area contributed by atoms with Crippen LogP contribution in [0.25, 0.3) is 60.2 Å². The fourth-order valence-electron chi connectivity index (χ4n) is 5.41. The van der Waals surface area contributed by atoms with E-state index in [1.54, 1.807) is 0 Å². The van der Waals surface area contributed by atoms with Crippen molar-refractivity contribution in [3.05, 3.63) is 96.3 Å². The predicted octanol–water partition coefficient (Wildman–Crippen LogP) is 7.28. The number of hydrogen-bond donors (Lipinski definition) is 0. The Balaban J connectivity index is 1.61. The molecule has 0 fully saturated rings. The third-order valence-electron chi connectivity index (χ3n) is 7.22. The zero-order valence-corrected chi connectivity index (χ0v) is 18.9. The van der Waals surface area contributed by atoms with E-state index in [0.29, 0.717) is 0 Å². The summed E-state index contributed by atoms with van der Waals surface area (Å²) in [7, 11) is 2.13. The van der Waals surface area contributed by atoms with Crippen molar-refractivity contribution in [3.63, 3.8) is 0 Å². The Kier molecular flexibility index (Phi) is 3.61. The lowest BCUT2D eigenvalue weighted by atomic mass is 10.00. The summed E-state index contributed by atoms with van der Waals surface area (Å²) in [6.07, 6.45) is 0. The van der Waals surface area contributed by atoms with Crippen LogP contribution in [-0.4, -0.2) is 4.57 Å². The highest BCUT2D eigenvalue weighted by atomic mass is 16.3. The number of furan rings is 1. The summed E-state index contributed by atoms with van der Waals surface area (Å²) in [5.74, 6) is 1.19. The Labute approximate surface area is 191 Å². The van der Waals surface area contributed by atoms with Crippen LogP contribution in [0.3, 0.4) is 0 Å². The minimum Gasteiger partial charge on any atom is -0.455 e. The van der Waals surface area contributed by atoms with Crippen molar-refractivity contribution in [1.29, 1.82) is 0 Å². The van der Waals surface area contributed by atoms with Gasteiger partial charge in [-0.25, -0.2) is 4.57 Å². The number of aryl methyl sites for hydroxylation is 2. The van der Waals surface area contributed by atoms with Crippen LogP contribution in [0.5, 0.6) is 0 Å². The largest absolute Gasteiger partial charge is 0.455 e. The van der Waals surface area contributed by atoms with E-state index >= 15 is 0 Å². The van der Waals surface area contributed by atoms with Crippen molar-refractivity contribution in [1.82, 2.24) is 4.57 Å². The molecular weight excluding hydrogens is 404 g/mol. The summed E-state index contributed by atoms with van der Waals surface area (Å²) in [5.41, 5.74) is 6.71. The number of benzene rings is 5. The van der Waals surface area contributed by atoms with E-state index in [1.807, 2.05) is 0 Å². The lowest BCUT2D eigenvalue weighted by Crippen LogP contribution is -2.30. The summed E-state index contributed by atoms with van der Waals surface area (Å²) in [5, 5.41) is 7.22. The van der Waals surface area contributed by atoms with Crippen LogP contribution in [0.15, 0.2) is 89.3 Å². The van der Waals surface area contributed by atoms with Crippen molar-refractivity contribution in [2.24, 2.45) is 7.05 Å². The summed E-state index contributed by atoms with van der Waals surface area (Å²) in [6.45, 7) is 4.34. The third-order valence-corrected chi connectivity index (χ3v) is 7.22. The number of hydrogen-bond acceptors (Lipinski definition) is 1. The molecule has 3 heteroatoms. The van der Waals surface area contributed by atoms with Gasteiger partial charge in [0.15, 0.2) is 11.0 Å². The van der Waals surface area contributed by atoms with Gasteiger partial charge in [-0.05, 0) is 46.8 Å². The Hall–Kier alpha value is -4.11. The van der Waals surface area contributed by atoms with E-state index in [9.17, 15) is 0 Å². The van der Waals surface area contributed by atoms with Crippen LogP contribution >= 0.6 is 0 Å². The van der Waals surface area contributed by atoms with Gasteiger partial charge < -0.3 is 4.42 Å². The molecule has 7 rings (SSSR count). The van der Waals surface area contributed by atoms with Crippen LogP contribution in [0, 0.1) is 13.8 Å². The Morgan fingerprint density at radius 3 is 2.30 bits per heavy atom. The molecule has 0 bridgehead atoms. The standard InChI is InChI=1S/C30H23N2O/c1-18-8-4-7-11-26(18)32-19(2)31(3)27-17-29-25(16-28(27)32)24-15-14-22-21-10-6-5-9-20(21)12-13-23(22)30(24)33-29/h4-17H,1-3H3/q+1. The van der Waals surface area contributed by atoms with Gasteiger partial charge in [0.1, 0.15) is 16.9 Å². The highest BCUT2D eigenvalue weighted by Crippen LogP contribution is 2.38. The SMILES string of the molecule is Cc1ccccc1-n1c(C)[n+](C)c2cc3oc4c(ccc5c6ccccc6ccc54)c3cc21. The van der Waals surface area contributed by atoms with E-state index < -0.39 is 0 Å².